The lowest BCUT2D eigenvalue weighted by atomic mass is 9.82. The molecule has 7 heteroatoms. The molecule has 0 unspecified atom stereocenters. The van der Waals surface area contributed by atoms with Crippen molar-refractivity contribution >= 4 is 13.1 Å². The van der Waals surface area contributed by atoms with E-state index in [-0.39, 0.29) is 19.3 Å². The van der Waals surface area contributed by atoms with Gasteiger partial charge in [0.05, 0.1) is 0 Å². The first-order valence-electron chi connectivity index (χ1n) is 4.51. The van der Waals surface area contributed by atoms with Crippen LogP contribution in [0.4, 0.5) is 0 Å². The van der Waals surface area contributed by atoms with Gasteiger partial charge in [0.2, 0.25) is 0 Å². The lowest BCUT2D eigenvalue weighted by molar-refractivity contribution is -0.143. The molecule has 0 saturated heterocycles. The number of hydrogen-bond acceptors (Lipinski definition) is 5. The van der Waals surface area contributed by atoms with Crippen molar-refractivity contribution in [2.45, 2.75) is 31.1 Å². The summed E-state index contributed by atoms with van der Waals surface area (Å²) in [7, 11) is -1.34. The van der Waals surface area contributed by atoms with Crippen LogP contribution in [0.3, 0.4) is 0 Å². The quantitative estimate of drug-likeness (QED) is 0.250. The third kappa shape index (κ3) is 4.57. The van der Waals surface area contributed by atoms with E-state index >= 15 is 0 Å². The molecule has 0 fully saturated rings. The molecular formula is C7H17BN2O4. The first-order chi connectivity index (χ1) is 6.42. The van der Waals surface area contributed by atoms with Gasteiger partial charge >= 0.3 is 13.1 Å². The maximum Gasteiger partial charge on any atom is 0.451 e. The van der Waals surface area contributed by atoms with Crippen molar-refractivity contribution in [1.29, 1.82) is 0 Å². The number of carbonyl (C=O) groups is 1. The highest BCUT2D eigenvalue weighted by Gasteiger charge is 2.31. The van der Waals surface area contributed by atoms with Crippen LogP contribution < -0.4 is 11.5 Å². The van der Waals surface area contributed by atoms with E-state index in [4.69, 9.17) is 26.6 Å². The fraction of sp³-hybridized carbons (Fsp3) is 0.857. The van der Waals surface area contributed by atoms with E-state index < -0.39 is 18.6 Å². The molecule has 0 aliphatic carbocycles. The number of carboxylic acids is 1. The first-order valence-corrected chi connectivity index (χ1v) is 4.51. The monoisotopic (exact) mass is 204 g/mol. The van der Waals surface area contributed by atoms with Crippen LogP contribution >= 0.6 is 0 Å². The molecule has 0 rings (SSSR count). The molecule has 82 valence electrons. The van der Waals surface area contributed by atoms with Gasteiger partial charge in [-0.15, -0.1) is 0 Å². The number of nitrogens with two attached hydrogens (primary N) is 2. The minimum atomic E-state index is -1.39. The standard InChI is InChI=1S/C7H17BN2O4/c9-5-7(10,6(11)12)3-1-2-4-8(13)14/h13-14H,1-5,9-10H2,(H,11,12)/t7-/m1/s1. The van der Waals surface area contributed by atoms with Gasteiger partial charge in [-0.2, -0.15) is 0 Å². The van der Waals surface area contributed by atoms with Gasteiger partial charge < -0.3 is 26.6 Å². The van der Waals surface area contributed by atoms with Gasteiger partial charge in [-0.3, -0.25) is 4.79 Å². The van der Waals surface area contributed by atoms with Crippen molar-refractivity contribution in [2.24, 2.45) is 11.5 Å². The summed E-state index contributed by atoms with van der Waals surface area (Å²) in [5, 5.41) is 25.8. The number of hydrogen-bond donors (Lipinski definition) is 5. The average molecular weight is 204 g/mol. The Morgan fingerprint density at radius 2 is 1.93 bits per heavy atom. The van der Waals surface area contributed by atoms with Crippen molar-refractivity contribution < 1.29 is 19.9 Å². The Labute approximate surface area is 83.0 Å². The maximum absolute atomic E-state index is 10.7. The van der Waals surface area contributed by atoms with E-state index in [1.807, 2.05) is 0 Å². The lowest BCUT2D eigenvalue weighted by Gasteiger charge is -2.22. The highest BCUT2D eigenvalue weighted by Crippen LogP contribution is 2.12. The average Bonchev–Trinajstić information content (AvgIpc) is 2.11. The highest BCUT2D eigenvalue weighted by molar-refractivity contribution is 6.40. The smallest absolute Gasteiger partial charge is 0.451 e. The first kappa shape index (κ1) is 13.4. The summed E-state index contributed by atoms with van der Waals surface area (Å²) in [5.74, 6) is -1.12. The molecule has 0 aromatic rings. The van der Waals surface area contributed by atoms with Gasteiger partial charge in [0.1, 0.15) is 5.54 Å². The summed E-state index contributed by atoms with van der Waals surface area (Å²) in [5.41, 5.74) is 9.36. The van der Waals surface area contributed by atoms with Gasteiger partial charge in [0.25, 0.3) is 0 Å². The Balaban J connectivity index is 3.79. The molecule has 6 nitrogen and oxygen atoms in total. The third-order valence-corrected chi connectivity index (χ3v) is 2.13. The van der Waals surface area contributed by atoms with Crippen LogP contribution in [0.5, 0.6) is 0 Å². The summed E-state index contributed by atoms with van der Waals surface area (Å²) in [6.07, 6.45) is 1.49. The fourth-order valence-electron chi connectivity index (χ4n) is 1.06. The van der Waals surface area contributed by atoms with Crippen molar-refractivity contribution in [3.05, 3.63) is 0 Å². The Morgan fingerprint density at radius 3 is 2.29 bits per heavy atom. The number of rotatable bonds is 7. The second kappa shape index (κ2) is 5.97. The maximum atomic E-state index is 10.7. The number of aliphatic carboxylic acids is 1. The van der Waals surface area contributed by atoms with Crippen molar-refractivity contribution in [3.8, 4) is 0 Å². The predicted octanol–water partition coefficient (Wildman–Crippen LogP) is -1.63. The van der Waals surface area contributed by atoms with Crippen molar-refractivity contribution in [1.82, 2.24) is 0 Å². The van der Waals surface area contributed by atoms with Crippen molar-refractivity contribution in [2.75, 3.05) is 6.54 Å². The molecule has 0 saturated carbocycles. The topological polar surface area (TPSA) is 130 Å². The van der Waals surface area contributed by atoms with E-state index in [9.17, 15) is 4.79 Å². The zero-order valence-corrected chi connectivity index (χ0v) is 8.02. The zero-order chi connectivity index (χ0) is 11.2. The molecule has 7 N–H and O–H groups in total. The Kier molecular flexibility index (Phi) is 5.70. The van der Waals surface area contributed by atoms with E-state index in [2.05, 4.69) is 0 Å². The normalized spacial score (nSPS) is 14.9. The van der Waals surface area contributed by atoms with Crippen LogP contribution in [-0.2, 0) is 4.79 Å². The molecule has 0 aliphatic rings. The summed E-state index contributed by atoms with van der Waals surface area (Å²) < 4.78 is 0. The predicted molar refractivity (Wildman–Crippen MR) is 52.5 cm³/mol. The van der Waals surface area contributed by atoms with Crippen LogP contribution in [0.1, 0.15) is 19.3 Å². The number of unbranched alkanes of at least 4 members (excludes halogenated alkanes) is 1. The highest BCUT2D eigenvalue weighted by atomic mass is 16.4. The minimum Gasteiger partial charge on any atom is -0.480 e. The van der Waals surface area contributed by atoms with Gasteiger partial charge in [-0.25, -0.2) is 0 Å². The molecule has 1 atom stereocenters. The molecule has 14 heavy (non-hydrogen) atoms. The molecule has 0 amide bonds. The fourth-order valence-corrected chi connectivity index (χ4v) is 1.06. The summed E-state index contributed by atoms with van der Waals surface area (Å²) in [4.78, 5) is 10.7. The zero-order valence-electron chi connectivity index (χ0n) is 8.02. The third-order valence-electron chi connectivity index (χ3n) is 2.13. The van der Waals surface area contributed by atoms with Crippen LogP contribution in [0.25, 0.3) is 0 Å². The van der Waals surface area contributed by atoms with Gasteiger partial charge in [-0.05, 0) is 12.7 Å². The second-order valence-electron chi connectivity index (χ2n) is 3.39. The van der Waals surface area contributed by atoms with E-state index in [0.717, 1.165) is 0 Å². The van der Waals surface area contributed by atoms with Crippen LogP contribution in [0.2, 0.25) is 6.32 Å². The minimum absolute atomic E-state index is 0.121. The Bertz CT molecular complexity index is 191. The Hall–Kier alpha value is -0.625. The lowest BCUT2D eigenvalue weighted by Crippen LogP contribution is -2.53. The summed E-state index contributed by atoms with van der Waals surface area (Å²) in [6, 6.07) is 0. The van der Waals surface area contributed by atoms with Gasteiger partial charge in [0.15, 0.2) is 0 Å². The molecule has 0 aromatic heterocycles. The van der Waals surface area contributed by atoms with Crippen LogP contribution in [-0.4, -0.2) is 40.3 Å². The number of carboxylic acid groups (broad SMARTS) is 1. The summed E-state index contributed by atoms with van der Waals surface area (Å²) >= 11 is 0. The van der Waals surface area contributed by atoms with E-state index in [0.29, 0.717) is 12.8 Å². The molecule has 0 spiro atoms. The van der Waals surface area contributed by atoms with Crippen LogP contribution in [0, 0.1) is 0 Å². The van der Waals surface area contributed by atoms with Crippen molar-refractivity contribution in [3.63, 3.8) is 0 Å². The van der Waals surface area contributed by atoms with Gasteiger partial charge in [-0.1, -0.05) is 12.8 Å². The van der Waals surface area contributed by atoms with Gasteiger partial charge in [0, 0.05) is 6.54 Å². The Morgan fingerprint density at radius 1 is 1.36 bits per heavy atom. The molecule has 0 aromatic carbocycles. The van der Waals surface area contributed by atoms with Crippen LogP contribution in [0.15, 0.2) is 0 Å². The SMILES string of the molecule is NC[C@](N)(CCCCB(O)O)C(=O)O. The molecular weight excluding hydrogens is 187 g/mol. The molecule has 0 heterocycles. The molecule has 0 radical (unpaired) electrons. The van der Waals surface area contributed by atoms with E-state index in [1.54, 1.807) is 0 Å². The second-order valence-corrected chi connectivity index (χ2v) is 3.39. The molecule has 0 aliphatic heterocycles. The summed E-state index contributed by atoms with van der Waals surface area (Å²) in [6.45, 7) is -0.121. The van der Waals surface area contributed by atoms with E-state index in [1.165, 1.54) is 0 Å². The molecule has 0 bridgehead atoms. The largest absolute Gasteiger partial charge is 0.480 e.